The first-order chi connectivity index (χ1) is 9.60. The van der Waals surface area contributed by atoms with E-state index in [1.165, 1.54) is 0 Å². The van der Waals surface area contributed by atoms with Crippen LogP contribution in [0.25, 0.3) is 0 Å². The summed E-state index contributed by atoms with van der Waals surface area (Å²) in [6.07, 6.45) is 1.58. The number of hydrogen-bond acceptors (Lipinski definition) is 4. The first-order valence-electron chi connectivity index (χ1n) is 6.75. The van der Waals surface area contributed by atoms with Crippen LogP contribution < -0.4 is 10.3 Å². The summed E-state index contributed by atoms with van der Waals surface area (Å²) in [5.74, 6) is 0.821. The smallest absolute Gasteiger partial charge is 0.253 e. The van der Waals surface area contributed by atoms with Gasteiger partial charge in [-0.05, 0) is 18.9 Å². The second kappa shape index (κ2) is 6.32. The van der Waals surface area contributed by atoms with Crippen molar-refractivity contribution in [3.05, 3.63) is 52.3 Å². The van der Waals surface area contributed by atoms with E-state index < -0.39 is 0 Å². The van der Waals surface area contributed by atoms with Gasteiger partial charge in [0.1, 0.15) is 0 Å². The molecule has 2 heterocycles. The van der Waals surface area contributed by atoms with E-state index in [-0.39, 0.29) is 11.5 Å². The van der Waals surface area contributed by atoms with Crippen LogP contribution in [0.4, 0.5) is 0 Å². The molecule has 0 unspecified atom stereocenters. The summed E-state index contributed by atoms with van der Waals surface area (Å²) in [6.45, 7) is 6.90. The van der Waals surface area contributed by atoms with Gasteiger partial charge in [0.05, 0.1) is 30.9 Å². The van der Waals surface area contributed by atoms with Gasteiger partial charge in [0.25, 0.3) is 5.56 Å². The van der Waals surface area contributed by atoms with Gasteiger partial charge < -0.3 is 4.74 Å². The van der Waals surface area contributed by atoms with Crippen LogP contribution in [0.15, 0.2) is 35.4 Å². The lowest BCUT2D eigenvalue weighted by Crippen LogP contribution is -2.22. The quantitative estimate of drug-likeness (QED) is 0.838. The van der Waals surface area contributed by atoms with Crippen molar-refractivity contribution in [3.63, 3.8) is 0 Å². The van der Waals surface area contributed by atoms with Crippen LogP contribution in [0.1, 0.15) is 38.1 Å². The van der Waals surface area contributed by atoms with Crippen LogP contribution >= 0.6 is 0 Å². The minimum absolute atomic E-state index is 0.0627. The molecule has 0 aliphatic heterocycles. The minimum Gasteiger partial charge on any atom is -0.478 e. The minimum atomic E-state index is -0.0627. The number of ether oxygens (including phenoxy) is 1. The summed E-state index contributed by atoms with van der Waals surface area (Å²) in [7, 11) is 0. The fraction of sp³-hybridized carbons (Fsp3) is 0.400. The summed E-state index contributed by atoms with van der Waals surface area (Å²) < 4.78 is 6.90. The van der Waals surface area contributed by atoms with Gasteiger partial charge in [-0.1, -0.05) is 19.9 Å². The van der Waals surface area contributed by atoms with Crippen molar-refractivity contribution in [1.82, 2.24) is 14.5 Å². The molecule has 5 nitrogen and oxygen atoms in total. The number of hydrogen-bond donors (Lipinski definition) is 0. The van der Waals surface area contributed by atoms with E-state index in [2.05, 4.69) is 9.97 Å². The van der Waals surface area contributed by atoms with Gasteiger partial charge in [0, 0.05) is 12.1 Å². The molecule has 0 aliphatic carbocycles. The molecular formula is C15H19N3O2. The van der Waals surface area contributed by atoms with Crippen LogP contribution in [-0.4, -0.2) is 21.1 Å². The Morgan fingerprint density at radius 2 is 2.15 bits per heavy atom. The molecule has 0 saturated heterocycles. The van der Waals surface area contributed by atoms with Crippen LogP contribution in [0.5, 0.6) is 5.88 Å². The van der Waals surface area contributed by atoms with Crippen molar-refractivity contribution >= 4 is 0 Å². The largest absolute Gasteiger partial charge is 0.478 e. The maximum absolute atomic E-state index is 12.0. The highest BCUT2D eigenvalue weighted by Gasteiger charge is 2.05. The van der Waals surface area contributed by atoms with Gasteiger partial charge in [0.2, 0.25) is 5.88 Å². The Balaban J connectivity index is 2.22. The lowest BCUT2D eigenvalue weighted by atomic mass is 10.1. The molecule has 2 rings (SSSR count). The van der Waals surface area contributed by atoms with Gasteiger partial charge in [-0.3, -0.25) is 9.36 Å². The Labute approximate surface area is 118 Å². The monoisotopic (exact) mass is 273 g/mol. The van der Waals surface area contributed by atoms with E-state index in [1.807, 2.05) is 32.9 Å². The molecule has 5 heteroatoms. The molecule has 0 radical (unpaired) electrons. The molecule has 0 aliphatic rings. The third-order valence-corrected chi connectivity index (χ3v) is 2.90. The zero-order valence-corrected chi connectivity index (χ0v) is 12.0. The van der Waals surface area contributed by atoms with Crippen molar-refractivity contribution in [3.8, 4) is 5.88 Å². The lowest BCUT2D eigenvalue weighted by molar-refractivity contribution is 0.325. The SMILES string of the molecule is CCOc1cccc(Cn2cnc(C(C)C)cc2=O)n1. The van der Waals surface area contributed by atoms with Gasteiger partial charge in [-0.2, -0.15) is 0 Å². The summed E-state index contributed by atoms with van der Waals surface area (Å²) in [5.41, 5.74) is 1.52. The molecule has 0 aromatic carbocycles. The first kappa shape index (κ1) is 14.2. The first-order valence-corrected chi connectivity index (χ1v) is 6.75. The van der Waals surface area contributed by atoms with E-state index in [0.29, 0.717) is 19.0 Å². The third kappa shape index (κ3) is 3.44. The van der Waals surface area contributed by atoms with Crippen molar-refractivity contribution in [2.75, 3.05) is 6.61 Å². The molecule has 20 heavy (non-hydrogen) atoms. The van der Waals surface area contributed by atoms with E-state index in [4.69, 9.17) is 4.74 Å². The normalized spacial score (nSPS) is 10.8. The van der Waals surface area contributed by atoms with Gasteiger partial charge in [-0.15, -0.1) is 0 Å². The maximum Gasteiger partial charge on any atom is 0.253 e. The van der Waals surface area contributed by atoms with Crippen molar-refractivity contribution < 1.29 is 4.74 Å². The molecular weight excluding hydrogens is 254 g/mol. The number of aromatic nitrogens is 3. The highest BCUT2D eigenvalue weighted by Crippen LogP contribution is 2.09. The number of rotatable bonds is 5. The molecule has 0 atom stereocenters. The van der Waals surface area contributed by atoms with Crippen molar-refractivity contribution in [1.29, 1.82) is 0 Å². The van der Waals surface area contributed by atoms with Crippen LogP contribution in [0, 0.1) is 0 Å². The fourth-order valence-corrected chi connectivity index (χ4v) is 1.82. The topological polar surface area (TPSA) is 57.0 Å². The lowest BCUT2D eigenvalue weighted by Gasteiger charge is -2.09. The average Bonchev–Trinajstić information content (AvgIpc) is 2.42. The predicted octanol–water partition coefficient (Wildman–Crippen LogP) is 2.21. The number of nitrogens with zero attached hydrogens (tertiary/aromatic N) is 3. The summed E-state index contributed by atoms with van der Waals surface area (Å²) in [6, 6.07) is 7.12. The van der Waals surface area contributed by atoms with E-state index >= 15 is 0 Å². The molecule has 0 fully saturated rings. The second-order valence-corrected chi connectivity index (χ2v) is 4.83. The molecule has 106 valence electrons. The maximum atomic E-state index is 12.0. The average molecular weight is 273 g/mol. The highest BCUT2D eigenvalue weighted by atomic mass is 16.5. The highest BCUT2D eigenvalue weighted by molar-refractivity contribution is 5.16. The molecule has 0 amide bonds. The molecule has 0 bridgehead atoms. The molecule has 0 spiro atoms. The van der Waals surface area contributed by atoms with Crippen LogP contribution in [0.3, 0.4) is 0 Å². The molecule has 2 aromatic heterocycles. The Bertz CT molecular complexity index is 635. The molecule has 0 saturated carbocycles. The van der Waals surface area contributed by atoms with Crippen molar-refractivity contribution in [2.45, 2.75) is 33.2 Å². The van der Waals surface area contributed by atoms with Gasteiger partial charge in [-0.25, -0.2) is 9.97 Å². The van der Waals surface area contributed by atoms with Gasteiger partial charge in [0.15, 0.2) is 0 Å². The fourth-order valence-electron chi connectivity index (χ4n) is 1.82. The van der Waals surface area contributed by atoms with Crippen LogP contribution in [-0.2, 0) is 6.54 Å². The summed E-state index contributed by atoms with van der Waals surface area (Å²) >= 11 is 0. The summed E-state index contributed by atoms with van der Waals surface area (Å²) in [4.78, 5) is 20.7. The van der Waals surface area contributed by atoms with Gasteiger partial charge >= 0.3 is 0 Å². The Morgan fingerprint density at radius 1 is 1.35 bits per heavy atom. The second-order valence-electron chi connectivity index (χ2n) is 4.83. The standard InChI is InChI=1S/C15H19N3O2/c1-4-20-14-7-5-6-12(17-14)9-18-10-16-13(11(2)3)8-15(18)19/h5-8,10-11H,4,9H2,1-3H3. The predicted molar refractivity (Wildman–Crippen MR) is 77.1 cm³/mol. The Hall–Kier alpha value is -2.17. The van der Waals surface area contributed by atoms with E-state index in [1.54, 1.807) is 23.0 Å². The number of pyridine rings is 1. The molecule has 2 aromatic rings. The summed E-state index contributed by atoms with van der Waals surface area (Å²) in [5, 5.41) is 0. The Kier molecular flexibility index (Phi) is 4.50. The van der Waals surface area contributed by atoms with E-state index in [0.717, 1.165) is 11.4 Å². The van der Waals surface area contributed by atoms with Crippen LogP contribution in [0.2, 0.25) is 0 Å². The van der Waals surface area contributed by atoms with E-state index in [9.17, 15) is 4.79 Å². The third-order valence-electron chi connectivity index (χ3n) is 2.90. The Morgan fingerprint density at radius 3 is 2.80 bits per heavy atom. The van der Waals surface area contributed by atoms with Crippen molar-refractivity contribution in [2.24, 2.45) is 0 Å². The zero-order valence-electron chi connectivity index (χ0n) is 12.0. The zero-order chi connectivity index (χ0) is 14.5. The molecule has 0 N–H and O–H groups in total.